The van der Waals surface area contributed by atoms with Crippen LogP contribution in [0.15, 0.2) is 48.6 Å². The summed E-state index contributed by atoms with van der Waals surface area (Å²) in [5.41, 5.74) is 0. The summed E-state index contributed by atoms with van der Waals surface area (Å²) in [5.74, 6) is -0.886. The molecule has 0 aliphatic carbocycles. The Hall–Kier alpha value is -2.63. The summed E-state index contributed by atoms with van der Waals surface area (Å²) < 4.78 is 16.8. The van der Waals surface area contributed by atoms with E-state index in [9.17, 15) is 14.4 Å². The minimum atomic E-state index is -0.778. The van der Waals surface area contributed by atoms with Crippen molar-refractivity contribution in [2.24, 2.45) is 0 Å². The molecule has 0 saturated heterocycles. The predicted molar refractivity (Wildman–Crippen MR) is 279 cm³/mol. The van der Waals surface area contributed by atoms with Gasteiger partial charge in [-0.1, -0.05) is 236 Å². The second-order valence-corrected chi connectivity index (χ2v) is 18.8. The lowest BCUT2D eigenvalue weighted by atomic mass is 10.1. The zero-order chi connectivity index (χ0) is 47.2. The first kappa shape index (κ1) is 62.4. The first-order valence-electron chi connectivity index (χ1n) is 28.1. The molecule has 0 aliphatic rings. The fourth-order valence-electron chi connectivity index (χ4n) is 8.03. The van der Waals surface area contributed by atoms with Crippen LogP contribution in [0.5, 0.6) is 0 Å². The van der Waals surface area contributed by atoms with Gasteiger partial charge in [-0.2, -0.15) is 0 Å². The molecule has 0 saturated carbocycles. The van der Waals surface area contributed by atoms with Gasteiger partial charge in [0.15, 0.2) is 6.10 Å². The van der Waals surface area contributed by atoms with Gasteiger partial charge in [0.1, 0.15) is 13.2 Å². The fraction of sp³-hybridized carbons (Fsp3) is 0.814. The molecule has 0 aromatic rings. The summed E-state index contributed by atoms with van der Waals surface area (Å²) in [6.07, 6.45) is 65.3. The molecular formula is C59H106O6. The van der Waals surface area contributed by atoms with Crippen LogP contribution in [0.2, 0.25) is 0 Å². The van der Waals surface area contributed by atoms with Gasteiger partial charge in [0.25, 0.3) is 0 Å². The Morgan fingerprint density at radius 3 is 0.908 bits per heavy atom. The number of carbonyl (C=O) groups is 3. The van der Waals surface area contributed by atoms with E-state index in [2.05, 4.69) is 69.4 Å². The maximum absolute atomic E-state index is 12.8. The van der Waals surface area contributed by atoms with Crippen LogP contribution in [0.4, 0.5) is 0 Å². The number of carbonyl (C=O) groups excluding carboxylic acids is 3. The molecule has 0 radical (unpaired) electrons. The smallest absolute Gasteiger partial charge is 0.306 e. The Bertz CT molecular complexity index is 1140. The third-order valence-electron chi connectivity index (χ3n) is 12.3. The first-order chi connectivity index (χ1) is 32.0. The predicted octanol–water partition coefficient (Wildman–Crippen LogP) is 18.7. The van der Waals surface area contributed by atoms with Crippen LogP contribution in [0.25, 0.3) is 0 Å². The third-order valence-corrected chi connectivity index (χ3v) is 12.3. The van der Waals surface area contributed by atoms with Gasteiger partial charge in [0, 0.05) is 19.3 Å². The highest BCUT2D eigenvalue weighted by Gasteiger charge is 2.19. The minimum absolute atomic E-state index is 0.0770. The van der Waals surface area contributed by atoms with Crippen molar-refractivity contribution in [3.05, 3.63) is 48.6 Å². The molecule has 0 spiro atoms. The lowest BCUT2D eigenvalue weighted by molar-refractivity contribution is -0.167. The van der Waals surface area contributed by atoms with Crippen molar-refractivity contribution in [1.82, 2.24) is 0 Å². The highest BCUT2D eigenvalue weighted by atomic mass is 16.6. The molecule has 0 rings (SSSR count). The summed E-state index contributed by atoms with van der Waals surface area (Å²) in [6.45, 7) is 6.60. The van der Waals surface area contributed by atoms with Crippen LogP contribution < -0.4 is 0 Å². The van der Waals surface area contributed by atoms with Crippen molar-refractivity contribution in [2.45, 2.75) is 297 Å². The quantitative estimate of drug-likeness (QED) is 0.0262. The first-order valence-corrected chi connectivity index (χ1v) is 28.1. The van der Waals surface area contributed by atoms with Gasteiger partial charge < -0.3 is 14.2 Å². The number of hydrogen-bond acceptors (Lipinski definition) is 6. The molecule has 0 unspecified atom stereocenters. The number of ether oxygens (including phenoxy) is 3. The minimum Gasteiger partial charge on any atom is -0.462 e. The van der Waals surface area contributed by atoms with Crippen molar-refractivity contribution in [3.63, 3.8) is 0 Å². The molecule has 0 aliphatic heterocycles. The summed E-state index contributed by atoms with van der Waals surface area (Å²) in [6, 6.07) is 0. The molecule has 0 aromatic carbocycles. The third kappa shape index (κ3) is 52.2. The molecule has 65 heavy (non-hydrogen) atoms. The van der Waals surface area contributed by atoms with Gasteiger partial charge in [-0.05, 0) is 83.5 Å². The van der Waals surface area contributed by atoms with Crippen molar-refractivity contribution < 1.29 is 28.6 Å². The Morgan fingerprint density at radius 1 is 0.308 bits per heavy atom. The van der Waals surface area contributed by atoms with E-state index in [0.29, 0.717) is 19.3 Å². The number of unbranched alkanes of at least 4 members (excludes halogenated alkanes) is 32. The van der Waals surface area contributed by atoms with Crippen LogP contribution in [-0.4, -0.2) is 37.2 Å². The van der Waals surface area contributed by atoms with E-state index in [1.54, 1.807) is 0 Å². The summed E-state index contributed by atoms with van der Waals surface area (Å²) in [5, 5.41) is 0. The zero-order valence-corrected chi connectivity index (χ0v) is 43.3. The summed E-state index contributed by atoms with van der Waals surface area (Å²) in [7, 11) is 0. The molecule has 0 fully saturated rings. The molecule has 6 nitrogen and oxygen atoms in total. The average molecular weight is 911 g/mol. The molecule has 1 atom stereocenters. The number of rotatable bonds is 51. The number of hydrogen-bond donors (Lipinski definition) is 0. The van der Waals surface area contributed by atoms with Crippen molar-refractivity contribution in [2.75, 3.05) is 13.2 Å². The second kappa shape index (κ2) is 54.0. The van der Waals surface area contributed by atoms with E-state index in [0.717, 1.165) is 77.0 Å². The summed E-state index contributed by atoms with van der Waals surface area (Å²) >= 11 is 0. The number of esters is 3. The Morgan fingerprint density at radius 2 is 0.554 bits per heavy atom. The van der Waals surface area contributed by atoms with Crippen LogP contribution >= 0.6 is 0 Å². The molecule has 0 bridgehead atoms. The van der Waals surface area contributed by atoms with Gasteiger partial charge in [0.05, 0.1) is 0 Å². The van der Waals surface area contributed by atoms with Crippen molar-refractivity contribution >= 4 is 17.9 Å². The van der Waals surface area contributed by atoms with E-state index in [4.69, 9.17) is 14.2 Å². The largest absolute Gasteiger partial charge is 0.462 e. The molecule has 0 heterocycles. The van der Waals surface area contributed by atoms with Gasteiger partial charge in [-0.3, -0.25) is 14.4 Å². The van der Waals surface area contributed by atoms with E-state index < -0.39 is 6.10 Å². The van der Waals surface area contributed by atoms with Crippen LogP contribution in [-0.2, 0) is 28.6 Å². The molecule has 378 valence electrons. The van der Waals surface area contributed by atoms with E-state index in [1.807, 2.05) is 0 Å². The highest BCUT2D eigenvalue weighted by Crippen LogP contribution is 2.15. The second-order valence-electron chi connectivity index (χ2n) is 18.8. The topological polar surface area (TPSA) is 78.9 Å². The standard InChI is InChI=1S/C59H106O6/c1-4-7-10-13-16-19-21-23-25-27-29-31-33-35-37-40-43-46-49-52-58(61)64-55-56(54-63-57(60)51-48-45-42-39-18-15-12-9-6-3)65-59(62)53-50-47-44-41-38-36-34-32-30-28-26-24-22-20-17-14-11-8-5-2/h16,19,23,25,28-31,56H,4-15,17-18,20-22,24,26-27,32-55H2,1-3H3/b19-16-,25-23-,30-28-,31-29-/t56-/m1/s1. The fourth-order valence-corrected chi connectivity index (χ4v) is 8.03. The molecular weight excluding hydrogens is 805 g/mol. The summed E-state index contributed by atoms with van der Waals surface area (Å²) in [4.78, 5) is 38.0. The van der Waals surface area contributed by atoms with Gasteiger partial charge >= 0.3 is 17.9 Å². The Kier molecular flexibility index (Phi) is 51.8. The molecule has 0 amide bonds. The maximum Gasteiger partial charge on any atom is 0.306 e. The molecule has 0 N–H and O–H groups in total. The maximum atomic E-state index is 12.8. The zero-order valence-electron chi connectivity index (χ0n) is 43.3. The lowest BCUT2D eigenvalue weighted by Crippen LogP contribution is -2.30. The van der Waals surface area contributed by atoms with Crippen molar-refractivity contribution in [1.29, 1.82) is 0 Å². The Balaban J connectivity index is 4.30. The molecule has 0 aromatic heterocycles. The number of allylic oxidation sites excluding steroid dienone is 8. The van der Waals surface area contributed by atoms with Crippen LogP contribution in [0.3, 0.4) is 0 Å². The highest BCUT2D eigenvalue weighted by molar-refractivity contribution is 5.71. The lowest BCUT2D eigenvalue weighted by Gasteiger charge is -2.18. The van der Waals surface area contributed by atoms with Crippen LogP contribution in [0.1, 0.15) is 290 Å². The Labute approximate surface area is 403 Å². The normalized spacial score (nSPS) is 12.4. The van der Waals surface area contributed by atoms with Gasteiger partial charge in [0.2, 0.25) is 0 Å². The monoisotopic (exact) mass is 911 g/mol. The van der Waals surface area contributed by atoms with E-state index in [-0.39, 0.29) is 31.1 Å². The molecule has 6 heteroatoms. The SMILES string of the molecule is CCCCC/C=C\C/C=C\C/C=C\CCCCCCCCC(=O)OC[C@@H](COC(=O)CCCCCCCCCCC)OC(=O)CCCCCCCCC/C=C\CCCCCCCCCC. The van der Waals surface area contributed by atoms with E-state index in [1.165, 1.54) is 173 Å². The van der Waals surface area contributed by atoms with Crippen molar-refractivity contribution in [3.8, 4) is 0 Å². The van der Waals surface area contributed by atoms with Gasteiger partial charge in [-0.15, -0.1) is 0 Å². The van der Waals surface area contributed by atoms with E-state index >= 15 is 0 Å². The average Bonchev–Trinajstić information content (AvgIpc) is 3.30. The van der Waals surface area contributed by atoms with Gasteiger partial charge in [-0.25, -0.2) is 0 Å². The van der Waals surface area contributed by atoms with Crippen LogP contribution in [0, 0.1) is 0 Å².